The monoisotopic (exact) mass is 456 g/mol. The molecule has 2 N–H and O–H groups in total. The second-order valence-corrected chi connectivity index (χ2v) is 4.16. The van der Waals surface area contributed by atoms with Gasteiger partial charge in [0.1, 0.15) is 0 Å². The number of hydrogen-bond acceptors (Lipinski definition) is 6. The zero-order valence-electron chi connectivity index (χ0n) is 14.7. The van der Waals surface area contributed by atoms with Crippen molar-refractivity contribution in [3.05, 3.63) is 84.6 Å². The van der Waals surface area contributed by atoms with E-state index < -0.39 is 31.0 Å². The Morgan fingerprint density at radius 3 is 1.12 bits per heavy atom. The average Bonchev–Trinajstić information content (AvgIpc) is 2.59. The summed E-state index contributed by atoms with van der Waals surface area (Å²) in [6.45, 7) is 0.230. The molecular formula is C16H18Cr2Na2O6-2. The minimum absolute atomic E-state index is 0. The SMILES string of the molecule is OC[CH-]c1ccccc1.OC[CH-]c1ccccc1.[Na+].[Na+].[O]=[Cr][O-].[O]=[Cr][O-]. The predicted octanol–water partition coefficient (Wildman–Crippen LogP) is -6.15. The van der Waals surface area contributed by atoms with E-state index in [-0.39, 0.29) is 72.3 Å². The number of hydrogen-bond donors (Lipinski definition) is 2. The summed E-state index contributed by atoms with van der Waals surface area (Å²) >= 11 is -3.25. The van der Waals surface area contributed by atoms with Gasteiger partial charge in [-0.1, -0.05) is 12.1 Å². The Labute approximate surface area is 211 Å². The Bertz CT molecular complexity index is 459. The molecule has 6 nitrogen and oxygen atoms in total. The third kappa shape index (κ3) is 26.9. The van der Waals surface area contributed by atoms with Crippen LogP contribution in [0.15, 0.2) is 60.7 Å². The maximum atomic E-state index is 8.46. The molecule has 134 valence electrons. The van der Waals surface area contributed by atoms with Crippen LogP contribution >= 0.6 is 0 Å². The first kappa shape index (κ1) is 34.2. The molecular weight excluding hydrogens is 438 g/mol. The first-order valence-electron chi connectivity index (χ1n) is 6.51. The van der Waals surface area contributed by atoms with Gasteiger partial charge in [0.2, 0.25) is 0 Å². The molecule has 0 aliphatic carbocycles. The Hall–Kier alpha value is 0.685. The molecule has 0 fully saturated rings. The van der Waals surface area contributed by atoms with Crippen molar-refractivity contribution >= 4 is 0 Å². The van der Waals surface area contributed by atoms with Gasteiger partial charge in [-0.3, -0.25) is 0 Å². The first-order chi connectivity index (χ1) is 11.7. The third-order valence-electron chi connectivity index (χ3n) is 2.25. The molecule has 26 heavy (non-hydrogen) atoms. The van der Waals surface area contributed by atoms with E-state index in [1.165, 1.54) is 0 Å². The van der Waals surface area contributed by atoms with Gasteiger partial charge in [-0.15, -0.1) is 24.3 Å². The van der Waals surface area contributed by atoms with Gasteiger partial charge in [0.25, 0.3) is 0 Å². The molecule has 10 heteroatoms. The second-order valence-electron chi connectivity index (χ2n) is 3.73. The van der Waals surface area contributed by atoms with E-state index in [4.69, 9.17) is 26.1 Å². The number of aliphatic hydroxyl groups excluding tert-OH is 2. The molecule has 0 aliphatic rings. The van der Waals surface area contributed by atoms with Crippen molar-refractivity contribution in [2.75, 3.05) is 13.2 Å². The van der Waals surface area contributed by atoms with E-state index in [2.05, 4.69) is 0 Å². The van der Waals surface area contributed by atoms with Gasteiger partial charge in [-0.25, -0.2) is 0 Å². The third-order valence-corrected chi connectivity index (χ3v) is 2.25. The van der Waals surface area contributed by atoms with Crippen molar-refractivity contribution in [3.8, 4) is 0 Å². The van der Waals surface area contributed by atoms with Gasteiger partial charge in [0.15, 0.2) is 0 Å². The quantitative estimate of drug-likeness (QED) is 0.349. The van der Waals surface area contributed by atoms with Gasteiger partial charge in [-0.05, 0) is 0 Å². The van der Waals surface area contributed by atoms with Crippen molar-refractivity contribution in [3.63, 3.8) is 0 Å². The Morgan fingerprint density at radius 1 is 0.692 bits per heavy atom. The summed E-state index contributed by atoms with van der Waals surface area (Å²) in [4.78, 5) is 0. The molecule has 0 atom stereocenters. The number of rotatable bonds is 4. The first-order valence-corrected chi connectivity index (χ1v) is 8.60. The molecule has 0 spiro atoms. The van der Waals surface area contributed by atoms with Crippen molar-refractivity contribution in [2.24, 2.45) is 0 Å². The Balaban J connectivity index is -0.000000136. The van der Waals surface area contributed by atoms with Crippen LogP contribution in [0.4, 0.5) is 0 Å². The van der Waals surface area contributed by atoms with Crippen molar-refractivity contribution in [1.82, 2.24) is 0 Å². The average molecular weight is 456 g/mol. The van der Waals surface area contributed by atoms with Gasteiger partial charge in [-0.2, -0.15) is 48.2 Å². The van der Waals surface area contributed by atoms with Crippen LogP contribution in [0, 0.1) is 12.8 Å². The van der Waals surface area contributed by atoms with Gasteiger partial charge in [0, 0.05) is 13.2 Å². The second kappa shape index (κ2) is 30.4. The standard InChI is InChI=1S/2C8H9O.2Cr.2Na.4O/c2*9-7-6-8-4-2-1-3-5-8;;;;;;;;/h2*1-6,9H,7H2;;;;;;;;/q2*-1;;;2*+1;;;2*-1. The summed E-state index contributed by atoms with van der Waals surface area (Å²) in [6.07, 6.45) is 3.53. The maximum absolute atomic E-state index is 8.46. The molecule has 0 unspecified atom stereocenters. The van der Waals surface area contributed by atoms with E-state index in [1.54, 1.807) is 12.8 Å². The van der Waals surface area contributed by atoms with E-state index in [9.17, 15) is 0 Å². The van der Waals surface area contributed by atoms with Crippen LogP contribution < -0.4 is 67.4 Å². The van der Waals surface area contributed by atoms with Crippen molar-refractivity contribution in [1.29, 1.82) is 0 Å². The summed E-state index contributed by atoms with van der Waals surface area (Å²) in [6, 6.07) is 19.5. The summed E-state index contributed by atoms with van der Waals surface area (Å²) in [7, 11) is 0. The number of benzene rings is 2. The summed E-state index contributed by atoms with van der Waals surface area (Å²) in [5.41, 5.74) is 2.14. The van der Waals surface area contributed by atoms with E-state index in [0.717, 1.165) is 11.1 Å². The van der Waals surface area contributed by atoms with Crippen LogP contribution in [-0.4, -0.2) is 23.4 Å². The fourth-order valence-electron chi connectivity index (χ4n) is 1.39. The van der Waals surface area contributed by atoms with Crippen LogP contribution in [0.25, 0.3) is 0 Å². The van der Waals surface area contributed by atoms with Gasteiger partial charge in [0.05, 0.1) is 0 Å². The Kier molecular flexibility index (Phi) is 40.0. The van der Waals surface area contributed by atoms with E-state index in [0.29, 0.717) is 0 Å². The number of aliphatic hydroxyl groups is 2. The fourth-order valence-corrected chi connectivity index (χ4v) is 1.39. The van der Waals surface area contributed by atoms with Crippen LogP contribution in [-0.2, 0) is 38.6 Å². The molecule has 0 saturated heterocycles. The van der Waals surface area contributed by atoms with Crippen LogP contribution in [0.1, 0.15) is 11.1 Å². The zero-order valence-corrected chi connectivity index (χ0v) is 21.2. The molecule has 0 heterocycles. The molecule has 2 aromatic rings. The fraction of sp³-hybridized carbons (Fsp3) is 0.125. The van der Waals surface area contributed by atoms with Crippen molar-refractivity contribution in [2.45, 2.75) is 0 Å². The summed E-state index contributed by atoms with van der Waals surface area (Å²) in [5, 5.41) is 16.9. The normalized spacial score (nSPS) is 7.23. The molecule has 0 aromatic heterocycles. The topological polar surface area (TPSA) is 121 Å². The van der Waals surface area contributed by atoms with E-state index in [1.807, 2.05) is 60.7 Å². The van der Waals surface area contributed by atoms with Crippen molar-refractivity contribution < 1.29 is 116 Å². The molecule has 0 saturated carbocycles. The summed E-state index contributed by atoms with van der Waals surface area (Å²) < 4.78 is 33.8. The van der Waals surface area contributed by atoms with Crippen LogP contribution in [0.3, 0.4) is 0 Å². The predicted molar refractivity (Wildman–Crippen MR) is 75.2 cm³/mol. The molecule has 0 amide bonds. The molecule has 2 rings (SSSR count). The molecule has 0 radical (unpaired) electrons. The van der Waals surface area contributed by atoms with E-state index >= 15 is 0 Å². The zero-order chi connectivity index (χ0) is 18.5. The molecule has 0 aliphatic heterocycles. The van der Waals surface area contributed by atoms with Gasteiger partial charge >= 0.3 is 106 Å². The van der Waals surface area contributed by atoms with Crippen LogP contribution in [0.5, 0.6) is 0 Å². The summed E-state index contributed by atoms with van der Waals surface area (Å²) in [5.74, 6) is 0. The Morgan fingerprint density at radius 2 is 0.923 bits per heavy atom. The van der Waals surface area contributed by atoms with Gasteiger partial charge < -0.3 is 10.2 Å². The molecule has 0 bridgehead atoms. The molecule has 2 aromatic carbocycles. The van der Waals surface area contributed by atoms with Crippen LogP contribution in [0.2, 0.25) is 0 Å². The minimum atomic E-state index is -1.62.